The molecule has 0 fully saturated rings. The lowest BCUT2D eigenvalue weighted by molar-refractivity contribution is 0.596. The summed E-state index contributed by atoms with van der Waals surface area (Å²) in [6.45, 7) is 3.71. The first-order valence-electron chi connectivity index (χ1n) is 2.82. The lowest BCUT2D eigenvalue weighted by Crippen LogP contribution is -2.01. The highest BCUT2D eigenvalue weighted by Gasteiger charge is 1.99. The van der Waals surface area contributed by atoms with Gasteiger partial charge in [-0.3, -0.25) is 0 Å². The standard InChI is InChI=1S/C5H12O2S/c1-3-4-5(2)8(6)7/h5,8H,3-4H2,1-2H3. The molecule has 0 aromatic carbocycles. The topological polar surface area (TPSA) is 34.1 Å². The van der Waals surface area contributed by atoms with Gasteiger partial charge in [0, 0.05) is 0 Å². The van der Waals surface area contributed by atoms with Gasteiger partial charge in [0.15, 0.2) is 0 Å². The molecule has 8 heavy (non-hydrogen) atoms. The maximum Gasteiger partial charge on any atom is 0.142 e. The first-order chi connectivity index (χ1) is 3.68. The summed E-state index contributed by atoms with van der Waals surface area (Å²) in [7, 11) is -2.17. The van der Waals surface area contributed by atoms with Crippen LogP contribution in [0.3, 0.4) is 0 Å². The van der Waals surface area contributed by atoms with Gasteiger partial charge in [-0.2, -0.15) is 0 Å². The van der Waals surface area contributed by atoms with E-state index in [-0.39, 0.29) is 5.25 Å². The van der Waals surface area contributed by atoms with Gasteiger partial charge >= 0.3 is 0 Å². The van der Waals surface area contributed by atoms with Crippen LogP contribution in [0.15, 0.2) is 0 Å². The third kappa shape index (κ3) is 3.02. The molecule has 0 aliphatic carbocycles. The van der Waals surface area contributed by atoms with E-state index in [1.54, 1.807) is 6.92 Å². The van der Waals surface area contributed by atoms with Gasteiger partial charge in [0.1, 0.15) is 10.7 Å². The molecule has 0 rings (SSSR count). The third-order valence-corrected chi connectivity index (χ3v) is 2.04. The monoisotopic (exact) mass is 136 g/mol. The Morgan fingerprint density at radius 3 is 2.12 bits per heavy atom. The number of hydrogen-bond donors (Lipinski definition) is 1. The second-order valence-electron chi connectivity index (χ2n) is 1.92. The molecule has 0 N–H and O–H groups in total. The molecule has 0 radical (unpaired) electrons. The van der Waals surface area contributed by atoms with Crippen molar-refractivity contribution < 1.29 is 8.42 Å². The quantitative estimate of drug-likeness (QED) is 0.582. The van der Waals surface area contributed by atoms with Crippen molar-refractivity contribution in [3.8, 4) is 0 Å². The van der Waals surface area contributed by atoms with Crippen LogP contribution in [0.25, 0.3) is 0 Å². The SMILES string of the molecule is CCCC(C)[SH](=O)=O. The smallest absolute Gasteiger partial charge is 0.142 e. The summed E-state index contributed by atoms with van der Waals surface area (Å²) in [5.74, 6) is 0. The maximum absolute atomic E-state index is 10.1. The van der Waals surface area contributed by atoms with E-state index in [1.165, 1.54) is 0 Å². The van der Waals surface area contributed by atoms with Crippen LogP contribution >= 0.6 is 0 Å². The lowest BCUT2D eigenvalue weighted by atomic mass is 10.3. The molecule has 1 unspecified atom stereocenters. The Kier molecular flexibility index (Phi) is 3.87. The van der Waals surface area contributed by atoms with Crippen LogP contribution < -0.4 is 0 Å². The minimum Gasteiger partial charge on any atom is -0.232 e. The summed E-state index contributed by atoms with van der Waals surface area (Å²) in [6, 6.07) is 0. The second-order valence-corrected chi connectivity index (χ2v) is 3.38. The molecule has 0 saturated heterocycles. The van der Waals surface area contributed by atoms with Gasteiger partial charge in [-0.15, -0.1) is 0 Å². The van der Waals surface area contributed by atoms with Gasteiger partial charge in [0.2, 0.25) is 0 Å². The predicted octanol–water partition coefficient (Wildman–Crippen LogP) is 0.786. The lowest BCUT2D eigenvalue weighted by Gasteiger charge is -1.96. The first kappa shape index (κ1) is 7.95. The largest absolute Gasteiger partial charge is 0.232 e. The highest BCUT2D eigenvalue weighted by atomic mass is 32.2. The Morgan fingerprint density at radius 1 is 1.50 bits per heavy atom. The van der Waals surface area contributed by atoms with Crippen molar-refractivity contribution >= 4 is 10.7 Å². The molecule has 0 bridgehead atoms. The normalized spacial score (nSPS) is 14.4. The van der Waals surface area contributed by atoms with E-state index in [0.717, 1.165) is 12.8 Å². The van der Waals surface area contributed by atoms with Crippen LogP contribution in [0.5, 0.6) is 0 Å². The van der Waals surface area contributed by atoms with E-state index < -0.39 is 10.7 Å². The molecule has 0 saturated carbocycles. The summed E-state index contributed by atoms with van der Waals surface area (Å²) in [4.78, 5) is 0. The summed E-state index contributed by atoms with van der Waals surface area (Å²) in [6.07, 6.45) is 1.74. The highest BCUT2D eigenvalue weighted by molar-refractivity contribution is 7.73. The Bertz CT molecular complexity index is 110. The molecule has 50 valence electrons. The Morgan fingerprint density at radius 2 is 2.00 bits per heavy atom. The van der Waals surface area contributed by atoms with Crippen molar-refractivity contribution in [1.82, 2.24) is 0 Å². The van der Waals surface area contributed by atoms with E-state index in [1.807, 2.05) is 6.92 Å². The zero-order valence-electron chi connectivity index (χ0n) is 5.26. The average molecular weight is 136 g/mol. The van der Waals surface area contributed by atoms with Crippen LogP contribution in [0, 0.1) is 0 Å². The zero-order valence-corrected chi connectivity index (χ0v) is 6.15. The molecule has 0 amide bonds. The van der Waals surface area contributed by atoms with Gasteiger partial charge in [-0.05, 0) is 13.3 Å². The number of hydrogen-bond acceptors (Lipinski definition) is 2. The summed E-state index contributed by atoms with van der Waals surface area (Å²) in [5, 5.41) is -0.130. The third-order valence-electron chi connectivity index (χ3n) is 1.07. The van der Waals surface area contributed by atoms with Crippen molar-refractivity contribution in [3.63, 3.8) is 0 Å². The summed E-state index contributed by atoms with van der Waals surface area (Å²) < 4.78 is 20.3. The van der Waals surface area contributed by atoms with E-state index in [9.17, 15) is 8.42 Å². The fourth-order valence-electron chi connectivity index (χ4n) is 0.523. The maximum atomic E-state index is 10.1. The molecule has 0 aromatic rings. The van der Waals surface area contributed by atoms with Crippen LogP contribution in [-0.2, 0) is 10.7 Å². The van der Waals surface area contributed by atoms with Crippen LogP contribution in [0.1, 0.15) is 26.7 Å². The van der Waals surface area contributed by atoms with Crippen molar-refractivity contribution in [2.24, 2.45) is 0 Å². The van der Waals surface area contributed by atoms with Crippen LogP contribution in [-0.4, -0.2) is 13.7 Å². The molecule has 0 heterocycles. The Hall–Kier alpha value is -0.0500. The van der Waals surface area contributed by atoms with Crippen LogP contribution in [0.4, 0.5) is 0 Å². The Labute approximate surface area is 51.9 Å². The van der Waals surface area contributed by atoms with E-state index in [0.29, 0.717) is 0 Å². The molecular formula is C5H12O2S. The van der Waals surface area contributed by atoms with Crippen molar-refractivity contribution in [2.45, 2.75) is 31.9 Å². The fraction of sp³-hybridized carbons (Fsp3) is 1.00. The summed E-state index contributed by atoms with van der Waals surface area (Å²) in [5.41, 5.74) is 0. The van der Waals surface area contributed by atoms with Crippen molar-refractivity contribution in [3.05, 3.63) is 0 Å². The molecule has 0 spiro atoms. The Balaban J connectivity index is 3.48. The number of thiol groups is 1. The zero-order chi connectivity index (χ0) is 6.57. The first-order valence-corrected chi connectivity index (χ1v) is 4.06. The van der Waals surface area contributed by atoms with Crippen molar-refractivity contribution in [1.29, 1.82) is 0 Å². The predicted molar refractivity (Wildman–Crippen MR) is 34.7 cm³/mol. The molecule has 1 atom stereocenters. The molecule has 3 heteroatoms. The van der Waals surface area contributed by atoms with Gasteiger partial charge in [-0.1, -0.05) is 13.3 Å². The molecule has 0 aromatic heterocycles. The number of rotatable bonds is 3. The minimum atomic E-state index is -2.17. The molecular weight excluding hydrogens is 124 g/mol. The van der Waals surface area contributed by atoms with Gasteiger partial charge in [0.25, 0.3) is 0 Å². The highest BCUT2D eigenvalue weighted by Crippen LogP contribution is 1.97. The molecule has 2 nitrogen and oxygen atoms in total. The fourth-order valence-corrected chi connectivity index (χ4v) is 0.992. The van der Waals surface area contributed by atoms with E-state index in [4.69, 9.17) is 0 Å². The molecule has 0 aliphatic heterocycles. The second kappa shape index (κ2) is 3.89. The van der Waals surface area contributed by atoms with Crippen LogP contribution in [0.2, 0.25) is 0 Å². The summed E-state index contributed by atoms with van der Waals surface area (Å²) >= 11 is 0. The minimum absolute atomic E-state index is 0.130. The molecule has 0 aliphatic rings. The van der Waals surface area contributed by atoms with Crippen molar-refractivity contribution in [2.75, 3.05) is 0 Å². The van der Waals surface area contributed by atoms with Gasteiger partial charge < -0.3 is 0 Å². The van der Waals surface area contributed by atoms with E-state index >= 15 is 0 Å². The van der Waals surface area contributed by atoms with Gasteiger partial charge in [0.05, 0.1) is 5.25 Å². The van der Waals surface area contributed by atoms with E-state index in [2.05, 4.69) is 0 Å². The van der Waals surface area contributed by atoms with Gasteiger partial charge in [-0.25, -0.2) is 8.42 Å². The average Bonchev–Trinajstić information content (AvgIpc) is 1.67.